The van der Waals surface area contributed by atoms with E-state index in [4.69, 9.17) is 4.74 Å². The number of rotatable bonds is 5. The maximum atomic E-state index is 12.6. The first-order valence-electron chi connectivity index (χ1n) is 7.65. The Morgan fingerprint density at radius 3 is 2.71 bits per heavy atom. The molecule has 0 aliphatic heterocycles. The van der Waals surface area contributed by atoms with Crippen LogP contribution >= 0.6 is 0 Å². The van der Waals surface area contributed by atoms with E-state index in [0.29, 0.717) is 18.0 Å². The van der Waals surface area contributed by atoms with Crippen LogP contribution in [0.25, 0.3) is 11.3 Å². The summed E-state index contributed by atoms with van der Waals surface area (Å²) in [5, 5.41) is 6.98. The summed E-state index contributed by atoms with van der Waals surface area (Å²) in [7, 11) is 1.72. The highest BCUT2D eigenvalue weighted by Crippen LogP contribution is 2.21. The quantitative estimate of drug-likeness (QED) is 0.783. The van der Waals surface area contributed by atoms with Crippen LogP contribution in [0.5, 0.6) is 5.75 Å². The van der Waals surface area contributed by atoms with Crippen molar-refractivity contribution in [2.45, 2.75) is 6.92 Å². The number of aromatic amines is 1. The molecule has 0 aliphatic carbocycles. The van der Waals surface area contributed by atoms with Crippen molar-refractivity contribution in [1.29, 1.82) is 0 Å². The second kappa shape index (κ2) is 6.95. The third-order valence-electron chi connectivity index (χ3n) is 3.61. The van der Waals surface area contributed by atoms with Gasteiger partial charge in [-0.2, -0.15) is 5.10 Å². The highest BCUT2D eigenvalue weighted by molar-refractivity contribution is 6.04. The van der Waals surface area contributed by atoms with Gasteiger partial charge in [-0.05, 0) is 49.4 Å². The monoisotopic (exact) mass is 322 g/mol. The molecule has 0 fully saturated rings. The summed E-state index contributed by atoms with van der Waals surface area (Å²) in [5.41, 5.74) is 2.74. The maximum absolute atomic E-state index is 12.6. The van der Waals surface area contributed by atoms with Gasteiger partial charge in [-0.1, -0.05) is 0 Å². The minimum Gasteiger partial charge on any atom is -0.494 e. The molecule has 0 radical (unpaired) electrons. The summed E-state index contributed by atoms with van der Waals surface area (Å²) < 4.78 is 5.41. The number of amides is 1. The zero-order valence-corrected chi connectivity index (χ0v) is 13.6. The Labute approximate surface area is 140 Å². The van der Waals surface area contributed by atoms with Crippen LogP contribution in [-0.2, 0) is 0 Å². The lowest BCUT2D eigenvalue weighted by Crippen LogP contribution is -2.26. The Balaban J connectivity index is 1.77. The number of anilines is 1. The molecule has 6 nitrogen and oxygen atoms in total. The van der Waals surface area contributed by atoms with Crippen LogP contribution in [0.1, 0.15) is 17.4 Å². The number of carbonyl (C=O) groups excluding carboxylic acids is 1. The summed E-state index contributed by atoms with van der Waals surface area (Å²) in [4.78, 5) is 18.2. The number of nitrogens with zero attached hydrogens (tertiary/aromatic N) is 3. The van der Waals surface area contributed by atoms with Gasteiger partial charge in [0.25, 0.3) is 5.91 Å². The molecule has 0 saturated heterocycles. The fourth-order valence-corrected chi connectivity index (χ4v) is 2.32. The normalized spacial score (nSPS) is 10.4. The zero-order valence-electron chi connectivity index (χ0n) is 13.6. The number of benzene rings is 1. The van der Waals surface area contributed by atoms with Gasteiger partial charge in [-0.3, -0.25) is 14.9 Å². The molecule has 1 N–H and O–H groups in total. The van der Waals surface area contributed by atoms with E-state index in [1.807, 2.05) is 43.3 Å². The fraction of sp³-hybridized carbons (Fsp3) is 0.167. The first kappa shape index (κ1) is 15.7. The minimum absolute atomic E-state index is 0.165. The van der Waals surface area contributed by atoms with Crippen LogP contribution in [0, 0.1) is 0 Å². The van der Waals surface area contributed by atoms with Crippen LogP contribution in [0.3, 0.4) is 0 Å². The molecule has 0 saturated carbocycles. The van der Waals surface area contributed by atoms with Gasteiger partial charge >= 0.3 is 0 Å². The third kappa shape index (κ3) is 3.27. The lowest BCUT2D eigenvalue weighted by atomic mass is 10.2. The first-order chi connectivity index (χ1) is 11.7. The molecule has 0 unspecified atom stereocenters. The number of H-pyrrole nitrogens is 1. The largest absolute Gasteiger partial charge is 0.494 e. The second-order valence-electron chi connectivity index (χ2n) is 5.20. The van der Waals surface area contributed by atoms with Crippen LogP contribution in [0.4, 0.5) is 5.69 Å². The second-order valence-corrected chi connectivity index (χ2v) is 5.20. The van der Waals surface area contributed by atoms with E-state index in [1.165, 1.54) is 0 Å². The number of aromatic nitrogens is 3. The number of carbonyl (C=O) groups is 1. The van der Waals surface area contributed by atoms with Crippen molar-refractivity contribution >= 4 is 11.6 Å². The number of hydrogen-bond acceptors (Lipinski definition) is 4. The standard InChI is InChI=1S/C18H18N4O2/c1-3-24-15-8-6-14(7-9-15)22(2)18(23)17-11-16(20-21-17)13-5-4-10-19-12-13/h4-12H,3H2,1-2H3,(H,20,21). The van der Waals surface area contributed by atoms with Crippen molar-refractivity contribution in [3.05, 3.63) is 60.6 Å². The van der Waals surface area contributed by atoms with Gasteiger partial charge in [0, 0.05) is 30.7 Å². The molecular weight excluding hydrogens is 304 g/mol. The molecule has 0 aliphatic rings. The van der Waals surface area contributed by atoms with Gasteiger partial charge in [0.05, 0.1) is 12.3 Å². The zero-order chi connectivity index (χ0) is 16.9. The third-order valence-corrected chi connectivity index (χ3v) is 3.61. The molecule has 0 atom stereocenters. The van der Waals surface area contributed by atoms with E-state index in [0.717, 1.165) is 17.0 Å². The Morgan fingerprint density at radius 1 is 1.25 bits per heavy atom. The minimum atomic E-state index is -0.165. The predicted molar refractivity (Wildman–Crippen MR) is 92.2 cm³/mol. The Kier molecular flexibility index (Phi) is 4.56. The molecular formula is C18H18N4O2. The predicted octanol–water partition coefficient (Wildman–Crippen LogP) is 3.15. The summed E-state index contributed by atoms with van der Waals surface area (Å²) in [6.45, 7) is 2.54. The van der Waals surface area contributed by atoms with Crippen molar-refractivity contribution < 1.29 is 9.53 Å². The van der Waals surface area contributed by atoms with E-state index < -0.39 is 0 Å². The van der Waals surface area contributed by atoms with Gasteiger partial charge in [0.2, 0.25) is 0 Å². The fourth-order valence-electron chi connectivity index (χ4n) is 2.32. The molecule has 0 bridgehead atoms. The van der Waals surface area contributed by atoms with Gasteiger partial charge in [0.15, 0.2) is 0 Å². The summed E-state index contributed by atoms with van der Waals surface area (Å²) >= 11 is 0. The van der Waals surface area contributed by atoms with Crippen molar-refractivity contribution in [1.82, 2.24) is 15.2 Å². The number of hydrogen-bond donors (Lipinski definition) is 1. The lowest BCUT2D eigenvalue weighted by molar-refractivity contribution is 0.0988. The Hall–Kier alpha value is -3.15. The highest BCUT2D eigenvalue weighted by atomic mass is 16.5. The van der Waals surface area contributed by atoms with Gasteiger partial charge in [0.1, 0.15) is 11.4 Å². The molecule has 122 valence electrons. The van der Waals surface area contributed by atoms with E-state index in [-0.39, 0.29) is 5.91 Å². The van der Waals surface area contributed by atoms with Gasteiger partial charge in [-0.15, -0.1) is 0 Å². The maximum Gasteiger partial charge on any atom is 0.276 e. The first-order valence-corrected chi connectivity index (χ1v) is 7.65. The summed E-state index contributed by atoms with van der Waals surface area (Å²) in [6, 6.07) is 12.8. The number of pyridine rings is 1. The van der Waals surface area contributed by atoms with Gasteiger partial charge < -0.3 is 9.64 Å². The highest BCUT2D eigenvalue weighted by Gasteiger charge is 2.17. The van der Waals surface area contributed by atoms with Crippen molar-refractivity contribution in [2.24, 2.45) is 0 Å². The molecule has 3 aromatic rings. The van der Waals surface area contributed by atoms with E-state index in [1.54, 1.807) is 30.4 Å². The number of ether oxygens (including phenoxy) is 1. The SMILES string of the molecule is CCOc1ccc(N(C)C(=O)c2cc(-c3cccnc3)n[nH]2)cc1. The average Bonchev–Trinajstić information content (AvgIpc) is 3.12. The topological polar surface area (TPSA) is 71.1 Å². The van der Waals surface area contributed by atoms with Crippen LogP contribution in [0.15, 0.2) is 54.9 Å². The average molecular weight is 322 g/mol. The van der Waals surface area contributed by atoms with E-state index in [2.05, 4.69) is 15.2 Å². The Morgan fingerprint density at radius 2 is 2.04 bits per heavy atom. The lowest BCUT2D eigenvalue weighted by Gasteiger charge is -2.16. The van der Waals surface area contributed by atoms with Crippen LogP contribution < -0.4 is 9.64 Å². The molecule has 2 aromatic heterocycles. The molecule has 1 amide bonds. The molecule has 2 heterocycles. The molecule has 24 heavy (non-hydrogen) atoms. The smallest absolute Gasteiger partial charge is 0.276 e. The number of nitrogens with one attached hydrogen (secondary N) is 1. The van der Waals surface area contributed by atoms with E-state index >= 15 is 0 Å². The molecule has 1 aromatic carbocycles. The Bertz CT molecular complexity index is 813. The van der Waals surface area contributed by atoms with Crippen molar-refractivity contribution in [2.75, 3.05) is 18.6 Å². The summed E-state index contributed by atoms with van der Waals surface area (Å²) in [6.07, 6.45) is 3.41. The van der Waals surface area contributed by atoms with Crippen LogP contribution in [-0.4, -0.2) is 34.7 Å². The van der Waals surface area contributed by atoms with E-state index in [9.17, 15) is 4.79 Å². The molecule has 6 heteroatoms. The molecule has 3 rings (SSSR count). The van der Waals surface area contributed by atoms with Gasteiger partial charge in [-0.25, -0.2) is 0 Å². The van der Waals surface area contributed by atoms with Crippen LogP contribution in [0.2, 0.25) is 0 Å². The summed E-state index contributed by atoms with van der Waals surface area (Å²) in [5.74, 6) is 0.615. The molecule has 0 spiro atoms. The van der Waals surface area contributed by atoms with Crippen molar-refractivity contribution in [3.8, 4) is 17.0 Å². The van der Waals surface area contributed by atoms with Crippen molar-refractivity contribution in [3.63, 3.8) is 0 Å².